The highest BCUT2D eigenvalue weighted by molar-refractivity contribution is 7.99. The van der Waals surface area contributed by atoms with Crippen molar-refractivity contribution in [3.63, 3.8) is 0 Å². The minimum atomic E-state index is -0.868. The van der Waals surface area contributed by atoms with E-state index in [1.165, 1.54) is 5.57 Å². The van der Waals surface area contributed by atoms with Crippen LogP contribution in [0.1, 0.15) is 33.6 Å². The predicted molar refractivity (Wildman–Crippen MR) is 76.3 cm³/mol. The van der Waals surface area contributed by atoms with Gasteiger partial charge < -0.3 is 10.3 Å². The molecular formula is C13H20N2O3S. The van der Waals surface area contributed by atoms with Gasteiger partial charge in [-0.1, -0.05) is 11.6 Å². The van der Waals surface area contributed by atoms with Crippen LogP contribution in [0.2, 0.25) is 0 Å². The number of carbonyl (C=O) groups excluding carboxylic acids is 2. The summed E-state index contributed by atoms with van der Waals surface area (Å²) in [7, 11) is 0. The largest absolute Gasteiger partial charge is 0.457 e. The van der Waals surface area contributed by atoms with E-state index in [1.807, 2.05) is 13.8 Å². The van der Waals surface area contributed by atoms with Crippen molar-refractivity contribution in [2.75, 3.05) is 18.1 Å². The number of carbonyl (C=O) groups is 2. The Kier molecular flexibility index (Phi) is 9.75. The van der Waals surface area contributed by atoms with Crippen molar-refractivity contribution in [2.24, 2.45) is 0 Å². The topological polar surface area (TPSA) is 79.8 Å². The van der Waals surface area contributed by atoms with E-state index in [4.69, 9.17) is 5.53 Å². The fourth-order valence-electron chi connectivity index (χ4n) is 1.17. The second-order valence-corrected chi connectivity index (χ2v) is 5.20. The predicted octanol–water partition coefficient (Wildman–Crippen LogP) is 2.27. The van der Waals surface area contributed by atoms with Crippen molar-refractivity contribution < 1.29 is 19.1 Å². The summed E-state index contributed by atoms with van der Waals surface area (Å²) >= 11 is 1.71. The smallest absolute Gasteiger partial charge is 0.441 e. The fraction of sp³-hybridized carbons (Fsp3) is 0.615. The Hall–Kier alpha value is -1.39. The van der Waals surface area contributed by atoms with E-state index in [-0.39, 0.29) is 13.0 Å². The zero-order valence-corrected chi connectivity index (χ0v) is 12.5. The number of hydrogen-bond acceptors (Lipinski definition) is 4. The summed E-state index contributed by atoms with van der Waals surface area (Å²) in [6, 6.07) is 0. The van der Waals surface area contributed by atoms with Gasteiger partial charge in [0.25, 0.3) is 5.78 Å². The second kappa shape index (κ2) is 10.5. The molecule has 0 aromatic rings. The maximum Gasteiger partial charge on any atom is 0.441 e. The molecule has 0 fully saturated rings. The van der Waals surface area contributed by atoms with Crippen LogP contribution in [0.4, 0.5) is 0 Å². The van der Waals surface area contributed by atoms with Crippen LogP contribution < -0.4 is 0 Å². The molecule has 0 unspecified atom stereocenters. The normalized spacial score (nSPS) is 9.42. The third-order valence-corrected chi connectivity index (χ3v) is 3.11. The first-order chi connectivity index (χ1) is 9.02. The first kappa shape index (κ1) is 17.6. The van der Waals surface area contributed by atoms with E-state index in [0.717, 1.165) is 11.5 Å². The van der Waals surface area contributed by atoms with Crippen LogP contribution in [-0.4, -0.2) is 40.4 Å². The maximum atomic E-state index is 11.6. The van der Waals surface area contributed by atoms with Crippen molar-refractivity contribution in [3.8, 4) is 0 Å². The van der Waals surface area contributed by atoms with Gasteiger partial charge >= 0.3 is 11.7 Å². The number of thioether (sulfide) groups is 1. The molecule has 0 saturated heterocycles. The van der Waals surface area contributed by atoms with Gasteiger partial charge in [-0.3, -0.25) is 4.79 Å². The number of ketones is 1. The molecule has 19 heavy (non-hydrogen) atoms. The van der Waals surface area contributed by atoms with E-state index in [1.54, 1.807) is 18.7 Å². The Balaban J connectivity index is 4.00. The van der Waals surface area contributed by atoms with Gasteiger partial charge in [0, 0.05) is 12.2 Å². The van der Waals surface area contributed by atoms with Crippen LogP contribution in [0.15, 0.2) is 11.6 Å². The second-order valence-electron chi connectivity index (χ2n) is 4.05. The maximum absolute atomic E-state index is 11.6. The third kappa shape index (κ3) is 8.35. The van der Waals surface area contributed by atoms with Crippen molar-refractivity contribution in [2.45, 2.75) is 33.6 Å². The summed E-state index contributed by atoms with van der Waals surface area (Å²) in [6.45, 7) is 5.84. The van der Waals surface area contributed by atoms with Crippen molar-refractivity contribution in [3.05, 3.63) is 17.2 Å². The Morgan fingerprint density at radius 1 is 1.37 bits per heavy atom. The Morgan fingerprint density at radius 3 is 2.58 bits per heavy atom. The van der Waals surface area contributed by atoms with Gasteiger partial charge in [-0.2, -0.15) is 16.6 Å². The number of rotatable bonds is 9. The molecule has 0 atom stereocenters. The standard InChI is InChI=1S/C13H20N2O3S/c1-4-18-13(17)12(15-14)11(16)6-5-8-19-9-7-10(2)3/h7H,4-6,8-9H2,1-3H3. The molecule has 0 spiro atoms. The zero-order valence-electron chi connectivity index (χ0n) is 11.6. The van der Waals surface area contributed by atoms with E-state index in [2.05, 4.69) is 15.6 Å². The fourth-order valence-corrected chi connectivity index (χ4v) is 2.14. The van der Waals surface area contributed by atoms with Crippen molar-refractivity contribution in [1.29, 1.82) is 0 Å². The van der Waals surface area contributed by atoms with E-state index in [0.29, 0.717) is 6.42 Å². The SMILES string of the molecule is CCOC(=O)C(=[N+]=[N-])C(=O)CCCSCC=C(C)C. The average molecular weight is 284 g/mol. The van der Waals surface area contributed by atoms with Crippen molar-refractivity contribution in [1.82, 2.24) is 0 Å². The molecule has 0 aliphatic heterocycles. The number of hydrogen-bond donors (Lipinski definition) is 0. The molecule has 0 bridgehead atoms. The first-order valence-corrected chi connectivity index (χ1v) is 7.31. The Morgan fingerprint density at radius 2 is 2.05 bits per heavy atom. The van der Waals surface area contributed by atoms with Gasteiger partial charge in [-0.05, 0) is 32.9 Å². The highest BCUT2D eigenvalue weighted by Crippen LogP contribution is 2.07. The number of Topliss-reactive ketones (excluding diaryl/α,β-unsaturated/α-hetero) is 1. The summed E-state index contributed by atoms with van der Waals surface area (Å²) in [6.07, 6.45) is 2.93. The third-order valence-electron chi connectivity index (χ3n) is 2.13. The molecule has 0 aromatic carbocycles. The molecule has 0 rings (SSSR count). The summed E-state index contributed by atoms with van der Waals surface area (Å²) in [5, 5.41) is 0. The molecule has 0 heterocycles. The molecule has 0 N–H and O–H groups in total. The quantitative estimate of drug-likeness (QED) is 0.124. The summed E-state index contributed by atoms with van der Waals surface area (Å²) in [5.74, 6) is 0.378. The molecule has 0 radical (unpaired) electrons. The van der Waals surface area contributed by atoms with Crippen LogP contribution in [0.5, 0.6) is 0 Å². The molecule has 106 valence electrons. The van der Waals surface area contributed by atoms with Crippen LogP contribution in [0, 0.1) is 0 Å². The van der Waals surface area contributed by atoms with E-state index >= 15 is 0 Å². The van der Waals surface area contributed by atoms with E-state index in [9.17, 15) is 9.59 Å². The lowest BCUT2D eigenvalue weighted by atomic mass is 10.1. The highest BCUT2D eigenvalue weighted by Gasteiger charge is 2.29. The van der Waals surface area contributed by atoms with Crippen molar-refractivity contribution >= 4 is 29.2 Å². The molecule has 6 heteroatoms. The Bertz CT molecular complexity index is 395. The van der Waals surface area contributed by atoms with Crippen LogP contribution in [-0.2, 0) is 14.3 Å². The molecule has 0 amide bonds. The zero-order chi connectivity index (χ0) is 14.7. The van der Waals surface area contributed by atoms with Gasteiger partial charge in [-0.15, -0.1) is 0 Å². The number of nitrogens with zero attached hydrogens (tertiary/aromatic N) is 2. The number of esters is 1. The summed E-state index contributed by atoms with van der Waals surface area (Å²) in [4.78, 5) is 25.6. The van der Waals surface area contributed by atoms with E-state index < -0.39 is 17.5 Å². The monoisotopic (exact) mass is 284 g/mol. The average Bonchev–Trinajstić information content (AvgIpc) is 2.34. The number of allylic oxidation sites excluding steroid dienone is 1. The van der Waals surface area contributed by atoms with Crippen LogP contribution >= 0.6 is 11.8 Å². The molecular weight excluding hydrogens is 264 g/mol. The van der Waals surface area contributed by atoms with Gasteiger partial charge in [-0.25, -0.2) is 4.79 Å². The lowest BCUT2D eigenvalue weighted by molar-refractivity contribution is -0.141. The lowest BCUT2D eigenvalue weighted by Crippen LogP contribution is -2.27. The number of ether oxygens (including phenoxy) is 1. The molecule has 0 aliphatic rings. The van der Waals surface area contributed by atoms with Crippen LogP contribution in [0.25, 0.3) is 5.53 Å². The molecule has 5 nitrogen and oxygen atoms in total. The van der Waals surface area contributed by atoms with Gasteiger partial charge in [0.05, 0.1) is 6.61 Å². The van der Waals surface area contributed by atoms with Gasteiger partial charge in [0.1, 0.15) is 0 Å². The summed E-state index contributed by atoms with van der Waals surface area (Å²) < 4.78 is 4.62. The van der Waals surface area contributed by atoms with Gasteiger partial charge in [0.2, 0.25) is 0 Å². The first-order valence-electron chi connectivity index (χ1n) is 6.16. The minimum absolute atomic E-state index is 0.143. The minimum Gasteiger partial charge on any atom is -0.457 e. The highest BCUT2D eigenvalue weighted by atomic mass is 32.2. The molecule has 0 aromatic heterocycles. The van der Waals surface area contributed by atoms with Gasteiger partial charge in [0.15, 0.2) is 0 Å². The molecule has 0 saturated carbocycles. The summed E-state index contributed by atoms with van der Waals surface area (Å²) in [5.41, 5.74) is 9.40. The lowest BCUT2D eigenvalue weighted by Gasteiger charge is -1.99. The van der Waals surface area contributed by atoms with Crippen LogP contribution in [0.3, 0.4) is 0 Å². The Labute approximate surface area is 118 Å². The molecule has 0 aliphatic carbocycles.